The maximum Gasteiger partial charge on any atom is 0.232 e. The van der Waals surface area contributed by atoms with Crippen molar-refractivity contribution in [3.05, 3.63) is 29.8 Å². The first-order valence-electron chi connectivity index (χ1n) is 5.72. The first-order valence-corrected chi connectivity index (χ1v) is 8.82. The highest BCUT2D eigenvalue weighted by molar-refractivity contribution is 14.1. The molecule has 0 saturated heterocycles. The summed E-state index contributed by atoms with van der Waals surface area (Å²) in [5.41, 5.74) is 2.10. The summed E-state index contributed by atoms with van der Waals surface area (Å²) in [5.74, 6) is 0.376. The van der Waals surface area contributed by atoms with Gasteiger partial charge in [0.15, 0.2) is 0 Å². The molecule has 3 atom stereocenters. The van der Waals surface area contributed by atoms with E-state index in [1.165, 1.54) is 11.8 Å². The van der Waals surface area contributed by atoms with Gasteiger partial charge in [-0.05, 0) is 24.5 Å². The number of sulfonamides is 1. The van der Waals surface area contributed by atoms with E-state index in [1.54, 1.807) is 4.31 Å². The van der Waals surface area contributed by atoms with E-state index in [-0.39, 0.29) is 6.04 Å². The fourth-order valence-electron chi connectivity index (χ4n) is 3.17. The minimum atomic E-state index is -3.16. The van der Waals surface area contributed by atoms with Gasteiger partial charge in [-0.3, -0.25) is 4.31 Å². The van der Waals surface area contributed by atoms with Crippen molar-refractivity contribution in [3.63, 3.8) is 0 Å². The molecule has 5 heteroatoms. The Morgan fingerprint density at radius 3 is 2.71 bits per heavy atom. The van der Waals surface area contributed by atoms with Crippen LogP contribution in [0, 0.1) is 0 Å². The van der Waals surface area contributed by atoms with Crippen molar-refractivity contribution in [1.82, 2.24) is 0 Å². The highest BCUT2D eigenvalue weighted by Gasteiger charge is 2.48. The van der Waals surface area contributed by atoms with Crippen molar-refractivity contribution in [1.29, 1.82) is 0 Å². The summed E-state index contributed by atoms with van der Waals surface area (Å²) in [5, 5.41) is 0. The number of anilines is 1. The number of halogens is 1. The van der Waals surface area contributed by atoms with Gasteiger partial charge in [-0.2, -0.15) is 0 Å². The summed E-state index contributed by atoms with van der Waals surface area (Å²) in [7, 11) is -3.16. The SMILES string of the molecule is CS(=O)(=O)N1c2ccccc2C2C(I)CCC21. The van der Waals surface area contributed by atoms with Gasteiger partial charge in [0.25, 0.3) is 0 Å². The Balaban J connectivity index is 2.20. The first-order chi connectivity index (χ1) is 8.00. The lowest BCUT2D eigenvalue weighted by Gasteiger charge is -2.24. The molecule has 1 heterocycles. The number of hydrogen-bond acceptors (Lipinski definition) is 2. The van der Waals surface area contributed by atoms with Gasteiger partial charge < -0.3 is 0 Å². The average Bonchev–Trinajstić information content (AvgIpc) is 2.75. The van der Waals surface area contributed by atoms with E-state index >= 15 is 0 Å². The van der Waals surface area contributed by atoms with E-state index in [0.29, 0.717) is 9.84 Å². The Labute approximate surface area is 115 Å². The Kier molecular flexibility index (Phi) is 2.66. The van der Waals surface area contributed by atoms with Gasteiger partial charge in [-0.25, -0.2) is 8.42 Å². The van der Waals surface area contributed by atoms with Crippen LogP contribution in [-0.2, 0) is 10.0 Å². The number of benzene rings is 1. The van der Waals surface area contributed by atoms with Crippen LogP contribution in [0.15, 0.2) is 24.3 Å². The van der Waals surface area contributed by atoms with Gasteiger partial charge in [0.2, 0.25) is 10.0 Å². The van der Waals surface area contributed by atoms with Gasteiger partial charge >= 0.3 is 0 Å². The summed E-state index contributed by atoms with van der Waals surface area (Å²) in [6.45, 7) is 0. The second kappa shape index (κ2) is 3.85. The minimum Gasteiger partial charge on any atom is -0.266 e. The summed E-state index contributed by atoms with van der Waals surface area (Å²) in [6.07, 6.45) is 3.39. The smallest absolute Gasteiger partial charge is 0.232 e. The molecule has 3 nitrogen and oxygen atoms in total. The molecule has 0 aromatic heterocycles. The van der Waals surface area contributed by atoms with E-state index in [4.69, 9.17) is 0 Å². The maximum atomic E-state index is 12.0. The maximum absolute atomic E-state index is 12.0. The molecule has 3 unspecified atom stereocenters. The first kappa shape index (κ1) is 11.8. The predicted molar refractivity (Wildman–Crippen MR) is 77.3 cm³/mol. The van der Waals surface area contributed by atoms with Crippen LogP contribution in [0.25, 0.3) is 0 Å². The van der Waals surface area contributed by atoms with E-state index in [0.717, 1.165) is 18.5 Å². The van der Waals surface area contributed by atoms with Crippen LogP contribution >= 0.6 is 22.6 Å². The largest absolute Gasteiger partial charge is 0.266 e. The third kappa shape index (κ3) is 1.69. The van der Waals surface area contributed by atoms with Crippen LogP contribution in [0.2, 0.25) is 0 Å². The summed E-state index contributed by atoms with van der Waals surface area (Å²) in [6, 6.07) is 8.07. The zero-order chi connectivity index (χ0) is 12.2. The molecule has 0 N–H and O–H groups in total. The van der Waals surface area contributed by atoms with Crippen LogP contribution < -0.4 is 4.31 Å². The number of nitrogens with zero attached hydrogens (tertiary/aromatic N) is 1. The molecule has 1 saturated carbocycles. The van der Waals surface area contributed by atoms with Gasteiger partial charge in [0.1, 0.15) is 0 Å². The molecule has 1 aromatic rings. The molecule has 17 heavy (non-hydrogen) atoms. The predicted octanol–water partition coefficient (Wildman–Crippen LogP) is 2.52. The Bertz CT molecular complexity index is 557. The minimum absolute atomic E-state index is 0.143. The Morgan fingerprint density at radius 2 is 2.00 bits per heavy atom. The number of fused-ring (bicyclic) bond motifs is 3. The average molecular weight is 363 g/mol. The Morgan fingerprint density at radius 1 is 1.29 bits per heavy atom. The van der Waals surface area contributed by atoms with Crippen molar-refractivity contribution in [2.45, 2.75) is 28.7 Å². The zero-order valence-corrected chi connectivity index (χ0v) is 12.5. The molecule has 1 aliphatic heterocycles. The monoisotopic (exact) mass is 363 g/mol. The van der Waals surface area contributed by atoms with Crippen LogP contribution in [0.3, 0.4) is 0 Å². The van der Waals surface area contributed by atoms with Crippen LogP contribution in [0.4, 0.5) is 5.69 Å². The third-order valence-electron chi connectivity index (χ3n) is 3.73. The molecule has 1 aliphatic carbocycles. The van der Waals surface area contributed by atoms with Crippen molar-refractivity contribution in [2.75, 3.05) is 10.6 Å². The molecular formula is C12H14INO2S. The fourth-order valence-corrected chi connectivity index (χ4v) is 5.65. The summed E-state index contributed by atoms with van der Waals surface area (Å²) >= 11 is 2.46. The second-order valence-electron chi connectivity index (χ2n) is 4.80. The van der Waals surface area contributed by atoms with Crippen LogP contribution in [0.5, 0.6) is 0 Å². The lowest BCUT2D eigenvalue weighted by Crippen LogP contribution is -2.36. The number of rotatable bonds is 1. The molecule has 92 valence electrons. The quantitative estimate of drug-likeness (QED) is 0.568. The van der Waals surface area contributed by atoms with Crippen molar-refractivity contribution >= 4 is 38.3 Å². The molecule has 2 aliphatic rings. The molecular weight excluding hydrogens is 349 g/mol. The zero-order valence-electron chi connectivity index (χ0n) is 9.51. The second-order valence-corrected chi connectivity index (χ2v) is 8.26. The summed E-state index contributed by atoms with van der Waals surface area (Å²) in [4.78, 5) is 0. The van der Waals surface area contributed by atoms with Crippen molar-refractivity contribution < 1.29 is 8.42 Å². The van der Waals surface area contributed by atoms with E-state index < -0.39 is 10.0 Å². The van der Waals surface area contributed by atoms with E-state index in [1.807, 2.05) is 18.2 Å². The van der Waals surface area contributed by atoms with E-state index in [2.05, 4.69) is 28.7 Å². The molecule has 0 spiro atoms. The third-order valence-corrected chi connectivity index (χ3v) is 6.31. The van der Waals surface area contributed by atoms with Gasteiger partial charge in [0.05, 0.1) is 18.0 Å². The highest BCUT2D eigenvalue weighted by atomic mass is 127. The van der Waals surface area contributed by atoms with E-state index in [9.17, 15) is 8.42 Å². The Hall–Kier alpha value is -0.300. The van der Waals surface area contributed by atoms with Gasteiger partial charge in [-0.1, -0.05) is 40.8 Å². The van der Waals surface area contributed by atoms with Crippen molar-refractivity contribution in [2.24, 2.45) is 0 Å². The highest BCUT2D eigenvalue weighted by Crippen LogP contribution is 2.52. The molecule has 3 rings (SSSR count). The topological polar surface area (TPSA) is 37.4 Å². The van der Waals surface area contributed by atoms with Crippen molar-refractivity contribution in [3.8, 4) is 0 Å². The molecule has 0 bridgehead atoms. The molecule has 1 fully saturated rings. The summed E-state index contributed by atoms with van der Waals surface area (Å²) < 4.78 is 26.1. The van der Waals surface area contributed by atoms with Crippen LogP contribution in [0.1, 0.15) is 24.3 Å². The lowest BCUT2D eigenvalue weighted by molar-refractivity contribution is 0.579. The molecule has 0 amide bonds. The number of alkyl halides is 1. The fraction of sp³-hybridized carbons (Fsp3) is 0.500. The normalized spacial score (nSPS) is 31.4. The molecule has 0 radical (unpaired) electrons. The number of para-hydroxylation sites is 1. The number of hydrogen-bond donors (Lipinski definition) is 0. The molecule has 1 aromatic carbocycles. The standard InChI is InChI=1S/C12H14INO2S/c1-17(15,16)14-10-5-3-2-4-8(10)12-9(13)6-7-11(12)14/h2-5,9,11-12H,6-7H2,1H3. The van der Waals surface area contributed by atoms with Gasteiger partial charge in [0, 0.05) is 9.84 Å². The van der Waals surface area contributed by atoms with Gasteiger partial charge in [-0.15, -0.1) is 0 Å². The lowest BCUT2D eigenvalue weighted by atomic mass is 9.98. The van der Waals surface area contributed by atoms with Crippen LogP contribution in [-0.4, -0.2) is 24.6 Å².